The van der Waals surface area contributed by atoms with Gasteiger partial charge in [0.05, 0.1) is 6.54 Å². The molecule has 0 radical (unpaired) electrons. The van der Waals surface area contributed by atoms with Crippen LogP contribution in [0.5, 0.6) is 0 Å². The highest BCUT2D eigenvalue weighted by Gasteiger charge is 2.00. The fourth-order valence-corrected chi connectivity index (χ4v) is 0.914. The number of aliphatic carboxylic acids is 1. The maximum atomic E-state index is 11.6. The van der Waals surface area contributed by atoms with Crippen molar-refractivity contribution in [3.8, 4) is 0 Å². The number of hydrogen-bond acceptors (Lipinski definition) is 2. The van der Waals surface area contributed by atoms with Crippen LogP contribution in [0.2, 0.25) is 0 Å². The number of carbonyl (C=O) groups is 1. The first-order chi connectivity index (χ1) is 6.13. The summed E-state index contributed by atoms with van der Waals surface area (Å²) in [6.07, 6.45) is -0.0117. The summed E-state index contributed by atoms with van der Waals surface area (Å²) in [7, 11) is 0. The van der Waals surface area contributed by atoms with E-state index in [-0.39, 0.29) is 13.0 Å². The second kappa shape index (κ2) is 7.91. The summed E-state index contributed by atoms with van der Waals surface area (Å²) in [6, 6.07) is 0. The molecule has 0 aromatic rings. The third-order valence-electron chi connectivity index (χ3n) is 1.54. The molecule has 78 valence electrons. The monoisotopic (exact) mass is 195 g/mol. The minimum atomic E-state index is -2.31. The van der Waals surface area contributed by atoms with Gasteiger partial charge in [-0.25, -0.2) is 8.78 Å². The van der Waals surface area contributed by atoms with E-state index in [0.717, 1.165) is 12.8 Å². The molecule has 13 heavy (non-hydrogen) atoms. The maximum Gasteiger partial charge on any atom is 0.303 e. The molecular formula is C8H15F2NO2. The predicted molar refractivity (Wildman–Crippen MR) is 45.0 cm³/mol. The van der Waals surface area contributed by atoms with Crippen LogP contribution >= 0.6 is 0 Å². The van der Waals surface area contributed by atoms with Gasteiger partial charge in [0.15, 0.2) is 0 Å². The number of carboxylic acid groups (broad SMARTS) is 1. The fraction of sp³-hybridized carbons (Fsp3) is 0.875. The van der Waals surface area contributed by atoms with E-state index >= 15 is 0 Å². The molecule has 0 aromatic carbocycles. The Morgan fingerprint density at radius 1 is 1.31 bits per heavy atom. The summed E-state index contributed by atoms with van der Waals surface area (Å²) in [6.45, 7) is 0.253. The lowest BCUT2D eigenvalue weighted by Crippen LogP contribution is -2.22. The van der Waals surface area contributed by atoms with Crippen LogP contribution in [0.15, 0.2) is 0 Å². The molecule has 0 bridgehead atoms. The molecule has 5 heteroatoms. The molecular weight excluding hydrogens is 180 g/mol. The topological polar surface area (TPSA) is 49.3 Å². The summed E-state index contributed by atoms with van der Waals surface area (Å²) in [5.74, 6) is -0.805. The van der Waals surface area contributed by atoms with Crippen molar-refractivity contribution in [2.24, 2.45) is 0 Å². The zero-order valence-corrected chi connectivity index (χ0v) is 7.43. The average Bonchev–Trinajstić information content (AvgIpc) is 2.01. The zero-order valence-electron chi connectivity index (χ0n) is 7.43. The number of unbranched alkanes of at least 4 members (excludes halogenated alkanes) is 2. The van der Waals surface area contributed by atoms with Crippen molar-refractivity contribution in [2.45, 2.75) is 32.1 Å². The molecule has 2 N–H and O–H groups in total. The van der Waals surface area contributed by atoms with Crippen LogP contribution in [-0.4, -0.2) is 30.6 Å². The normalized spacial score (nSPS) is 10.7. The van der Waals surface area contributed by atoms with Gasteiger partial charge >= 0.3 is 5.97 Å². The van der Waals surface area contributed by atoms with Gasteiger partial charge in [-0.15, -0.1) is 0 Å². The molecule has 0 rings (SSSR count). The first kappa shape index (κ1) is 12.3. The van der Waals surface area contributed by atoms with Crippen molar-refractivity contribution < 1.29 is 18.7 Å². The highest BCUT2D eigenvalue weighted by molar-refractivity contribution is 5.66. The van der Waals surface area contributed by atoms with Crippen LogP contribution in [0.25, 0.3) is 0 Å². The highest BCUT2D eigenvalue weighted by Crippen LogP contribution is 1.98. The Balaban J connectivity index is 2.96. The second-order valence-electron chi connectivity index (χ2n) is 2.80. The van der Waals surface area contributed by atoms with Crippen LogP contribution in [0.1, 0.15) is 25.7 Å². The Bertz CT molecular complexity index is 142. The lowest BCUT2D eigenvalue weighted by molar-refractivity contribution is -0.137. The molecule has 0 aliphatic rings. The Hall–Kier alpha value is -0.710. The average molecular weight is 195 g/mol. The third kappa shape index (κ3) is 11.3. The van der Waals surface area contributed by atoms with E-state index in [1.807, 2.05) is 0 Å². The van der Waals surface area contributed by atoms with Gasteiger partial charge in [0.1, 0.15) is 0 Å². The molecule has 0 unspecified atom stereocenters. The van der Waals surface area contributed by atoms with E-state index in [9.17, 15) is 13.6 Å². The summed E-state index contributed by atoms with van der Waals surface area (Å²) in [5, 5.41) is 10.8. The summed E-state index contributed by atoms with van der Waals surface area (Å²) >= 11 is 0. The molecule has 0 atom stereocenters. The van der Waals surface area contributed by atoms with E-state index in [4.69, 9.17) is 5.11 Å². The first-order valence-corrected chi connectivity index (χ1v) is 4.33. The van der Waals surface area contributed by atoms with Gasteiger partial charge in [0.2, 0.25) is 0 Å². The number of nitrogens with one attached hydrogen (secondary N) is 1. The number of carboxylic acids is 1. The Labute approximate surface area is 76.1 Å². The smallest absolute Gasteiger partial charge is 0.303 e. The van der Waals surface area contributed by atoms with Gasteiger partial charge in [-0.2, -0.15) is 0 Å². The van der Waals surface area contributed by atoms with Gasteiger partial charge in [-0.3, -0.25) is 4.79 Å². The summed E-state index contributed by atoms with van der Waals surface area (Å²) in [4.78, 5) is 10.1. The maximum absolute atomic E-state index is 11.6. The van der Waals surface area contributed by atoms with E-state index in [1.165, 1.54) is 0 Å². The molecule has 0 fully saturated rings. The van der Waals surface area contributed by atoms with Gasteiger partial charge in [-0.1, -0.05) is 6.42 Å². The van der Waals surface area contributed by atoms with Crippen LogP contribution in [0.4, 0.5) is 8.78 Å². The van der Waals surface area contributed by atoms with Gasteiger partial charge in [0.25, 0.3) is 6.43 Å². The summed E-state index contributed by atoms with van der Waals surface area (Å²) in [5.41, 5.74) is 0. The second-order valence-corrected chi connectivity index (χ2v) is 2.80. The van der Waals surface area contributed by atoms with Crippen molar-refractivity contribution in [3.63, 3.8) is 0 Å². The van der Waals surface area contributed by atoms with Crippen LogP contribution < -0.4 is 5.32 Å². The van der Waals surface area contributed by atoms with Crippen molar-refractivity contribution in [3.05, 3.63) is 0 Å². The molecule has 0 saturated heterocycles. The number of alkyl halides is 2. The molecule has 3 nitrogen and oxygen atoms in total. The van der Waals surface area contributed by atoms with Gasteiger partial charge < -0.3 is 10.4 Å². The SMILES string of the molecule is O=C(O)CCCCCNCC(F)F. The van der Waals surface area contributed by atoms with Crippen LogP contribution in [0.3, 0.4) is 0 Å². The number of rotatable bonds is 8. The Morgan fingerprint density at radius 3 is 2.54 bits per heavy atom. The third-order valence-corrected chi connectivity index (χ3v) is 1.54. The fourth-order valence-electron chi connectivity index (χ4n) is 0.914. The van der Waals surface area contributed by atoms with Crippen molar-refractivity contribution in [1.29, 1.82) is 0 Å². The first-order valence-electron chi connectivity index (χ1n) is 4.33. The lowest BCUT2D eigenvalue weighted by Gasteiger charge is -2.02. The molecule has 0 heterocycles. The Kier molecular flexibility index (Phi) is 7.48. The quantitative estimate of drug-likeness (QED) is 0.577. The molecule has 0 saturated carbocycles. The molecule has 0 aliphatic heterocycles. The number of hydrogen-bond donors (Lipinski definition) is 2. The minimum Gasteiger partial charge on any atom is -0.481 e. The molecule has 0 amide bonds. The van der Waals surface area contributed by atoms with Crippen molar-refractivity contribution in [1.82, 2.24) is 5.32 Å². The zero-order chi connectivity index (χ0) is 10.1. The highest BCUT2D eigenvalue weighted by atomic mass is 19.3. The van der Waals surface area contributed by atoms with E-state index in [1.54, 1.807) is 0 Å². The summed E-state index contributed by atoms with van der Waals surface area (Å²) < 4.78 is 23.2. The van der Waals surface area contributed by atoms with Gasteiger partial charge in [-0.05, 0) is 19.4 Å². The van der Waals surface area contributed by atoms with E-state index in [2.05, 4.69) is 5.32 Å². The Morgan fingerprint density at radius 2 is 2.00 bits per heavy atom. The van der Waals surface area contributed by atoms with E-state index in [0.29, 0.717) is 13.0 Å². The predicted octanol–water partition coefficient (Wildman–Crippen LogP) is 1.49. The number of halogens is 2. The van der Waals surface area contributed by atoms with Crippen molar-refractivity contribution in [2.75, 3.05) is 13.1 Å². The largest absolute Gasteiger partial charge is 0.481 e. The minimum absolute atomic E-state index is 0.162. The van der Waals surface area contributed by atoms with Gasteiger partial charge in [0, 0.05) is 6.42 Å². The molecule has 0 spiro atoms. The van der Waals surface area contributed by atoms with Crippen LogP contribution in [0, 0.1) is 0 Å². The van der Waals surface area contributed by atoms with Crippen LogP contribution in [-0.2, 0) is 4.79 Å². The van der Waals surface area contributed by atoms with Crippen molar-refractivity contribution >= 4 is 5.97 Å². The molecule has 0 aliphatic carbocycles. The van der Waals surface area contributed by atoms with E-state index < -0.39 is 12.4 Å². The lowest BCUT2D eigenvalue weighted by atomic mass is 10.2. The standard InChI is InChI=1S/C8H15F2NO2/c9-7(10)6-11-5-3-1-2-4-8(12)13/h7,11H,1-6H2,(H,12,13). The molecule has 0 aromatic heterocycles.